The van der Waals surface area contributed by atoms with E-state index in [-0.39, 0.29) is 5.97 Å². The van der Waals surface area contributed by atoms with Crippen LogP contribution in [0.1, 0.15) is 17.3 Å². The van der Waals surface area contributed by atoms with Crippen molar-refractivity contribution in [3.8, 4) is 0 Å². The molecule has 2 aromatic heterocycles. The van der Waals surface area contributed by atoms with E-state index in [9.17, 15) is 4.79 Å². The molecular formula is C18H21N7O3. The van der Waals surface area contributed by atoms with E-state index in [1.54, 1.807) is 31.2 Å². The van der Waals surface area contributed by atoms with Gasteiger partial charge in [0.15, 0.2) is 11.6 Å². The Morgan fingerprint density at radius 2 is 1.79 bits per heavy atom. The minimum atomic E-state index is -0.345. The van der Waals surface area contributed by atoms with Crippen LogP contribution in [-0.2, 0) is 4.74 Å². The molecule has 4 rings (SSSR count). The summed E-state index contributed by atoms with van der Waals surface area (Å²) in [4.78, 5) is 25.4. The number of carbonyl (C=O) groups excluding carboxylic acids is 1. The Morgan fingerprint density at radius 1 is 1.11 bits per heavy atom. The third-order valence-electron chi connectivity index (χ3n) is 4.56. The van der Waals surface area contributed by atoms with Crippen molar-refractivity contribution in [2.75, 3.05) is 50.1 Å². The Labute approximate surface area is 161 Å². The van der Waals surface area contributed by atoms with E-state index in [1.165, 1.54) is 0 Å². The summed E-state index contributed by atoms with van der Waals surface area (Å²) in [6.45, 7) is 5.65. The SMILES string of the molecule is CCOC(=O)c1ccc(Nc2nc3nonc3nc2N2CCN(C)CC2)cc1. The molecule has 0 amide bonds. The highest BCUT2D eigenvalue weighted by molar-refractivity contribution is 5.90. The van der Waals surface area contributed by atoms with Crippen LogP contribution in [0.2, 0.25) is 0 Å². The number of anilines is 3. The van der Waals surface area contributed by atoms with Crippen LogP contribution in [0.5, 0.6) is 0 Å². The normalized spacial score (nSPS) is 15.0. The van der Waals surface area contributed by atoms with Crippen molar-refractivity contribution in [1.82, 2.24) is 25.2 Å². The van der Waals surface area contributed by atoms with Crippen molar-refractivity contribution < 1.29 is 14.2 Å². The number of carbonyl (C=O) groups is 1. The van der Waals surface area contributed by atoms with Crippen LogP contribution >= 0.6 is 0 Å². The number of esters is 1. The first-order valence-corrected chi connectivity index (χ1v) is 9.12. The zero-order valence-electron chi connectivity index (χ0n) is 15.8. The molecule has 28 heavy (non-hydrogen) atoms. The smallest absolute Gasteiger partial charge is 0.338 e. The van der Waals surface area contributed by atoms with Crippen LogP contribution in [-0.4, -0.2) is 71.0 Å². The maximum atomic E-state index is 11.8. The van der Waals surface area contributed by atoms with Crippen LogP contribution in [0.15, 0.2) is 28.9 Å². The van der Waals surface area contributed by atoms with E-state index in [4.69, 9.17) is 9.37 Å². The maximum Gasteiger partial charge on any atom is 0.338 e. The molecule has 0 aliphatic carbocycles. The number of fused-ring (bicyclic) bond motifs is 1. The first-order chi connectivity index (χ1) is 13.6. The van der Waals surface area contributed by atoms with E-state index < -0.39 is 0 Å². The van der Waals surface area contributed by atoms with E-state index in [0.29, 0.717) is 35.1 Å². The van der Waals surface area contributed by atoms with E-state index >= 15 is 0 Å². The van der Waals surface area contributed by atoms with Gasteiger partial charge < -0.3 is 19.9 Å². The third-order valence-corrected chi connectivity index (χ3v) is 4.56. The van der Waals surface area contributed by atoms with Crippen molar-refractivity contribution in [2.45, 2.75) is 6.92 Å². The quantitative estimate of drug-likeness (QED) is 0.654. The summed E-state index contributed by atoms with van der Waals surface area (Å²) in [6, 6.07) is 7.01. The van der Waals surface area contributed by atoms with Crippen molar-refractivity contribution >= 4 is 34.6 Å². The van der Waals surface area contributed by atoms with Gasteiger partial charge in [0.05, 0.1) is 12.2 Å². The van der Waals surface area contributed by atoms with Gasteiger partial charge in [0, 0.05) is 31.9 Å². The number of hydrogen-bond acceptors (Lipinski definition) is 10. The lowest BCUT2D eigenvalue weighted by Gasteiger charge is -2.33. The molecule has 0 atom stereocenters. The largest absolute Gasteiger partial charge is 0.462 e. The molecule has 10 nitrogen and oxygen atoms in total. The van der Waals surface area contributed by atoms with Crippen molar-refractivity contribution in [2.24, 2.45) is 0 Å². The zero-order chi connectivity index (χ0) is 19.5. The van der Waals surface area contributed by atoms with Gasteiger partial charge in [-0.1, -0.05) is 0 Å². The van der Waals surface area contributed by atoms with E-state index in [1.807, 2.05) is 0 Å². The summed E-state index contributed by atoms with van der Waals surface area (Å²) >= 11 is 0. The predicted molar refractivity (Wildman–Crippen MR) is 103 cm³/mol. The highest BCUT2D eigenvalue weighted by atomic mass is 16.6. The number of hydrogen-bond donors (Lipinski definition) is 1. The number of piperazine rings is 1. The molecule has 1 aliphatic heterocycles. The summed E-state index contributed by atoms with van der Waals surface area (Å²) in [5.74, 6) is 0.921. The zero-order valence-corrected chi connectivity index (χ0v) is 15.8. The Bertz CT molecular complexity index is 965. The molecular weight excluding hydrogens is 362 g/mol. The van der Waals surface area contributed by atoms with Crippen LogP contribution in [0.3, 0.4) is 0 Å². The lowest BCUT2D eigenvalue weighted by molar-refractivity contribution is 0.0526. The molecule has 146 valence electrons. The van der Waals surface area contributed by atoms with E-state index in [0.717, 1.165) is 31.9 Å². The summed E-state index contributed by atoms with van der Waals surface area (Å²) in [5, 5.41) is 10.9. The highest BCUT2D eigenvalue weighted by Crippen LogP contribution is 2.27. The Hall–Kier alpha value is -3.27. The van der Waals surface area contributed by atoms with Gasteiger partial charge in [-0.15, -0.1) is 0 Å². The molecule has 0 bridgehead atoms. The molecule has 1 aromatic carbocycles. The summed E-state index contributed by atoms with van der Waals surface area (Å²) < 4.78 is 9.78. The van der Waals surface area contributed by atoms with Gasteiger partial charge in [0.2, 0.25) is 11.3 Å². The average Bonchev–Trinajstić information content (AvgIpc) is 3.16. The number of benzene rings is 1. The fraction of sp³-hybridized carbons (Fsp3) is 0.389. The molecule has 0 saturated carbocycles. The van der Waals surface area contributed by atoms with Crippen molar-refractivity contribution in [3.05, 3.63) is 29.8 Å². The minimum absolute atomic E-state index is 0.337. The minimum Gasteiger partial charge on any atom is -0.462 e. The molecule has 0 radical (unpaired) electrons. The first-order valence-electron chi connectivity index (χ1n) is 9.12. The van der Waals surface area contributed by atoms with Crippen molar-refractivity contribution in [1.29, 1.82) is 0 Å². The number of likely N-dealkylation sites (N-methyl/N-ethyl adjacent to an activating group) is 1. The number of rotatable bonds is 5. The van der Waals surface area contributed by atoms with Gasteiger partial charge in [-0.05, 0) is 48.6 Å². The average molecular weight is 383 g/mol. The summed E-state index contributed by atoms with van der Waals surface area (Å²) in [7, 11) is 2.10. The molecule has 1 aliphatic rings. The van der Waals surface area contributed by atoms with Crippen LogP contribution in [0.4, 0.5) is 17.3 Å². The lowest BCUT2D eigenvalue weighted by atomic mass is 10.2. The second-order valence-corrected chi connectivity index (χ2v) is 6.52. The van der Waals surface area contributed by atoms with Crippen molar-refractivity contribution in [3.63, 3.8) is 0 Å². The van der Waals surface area contributed by atoms with Gasteiger partial charge >= 0.3 is 5.97 Å². The number of ether oxygens (including phenoxy) is 1. The predicted octanol–water partition coefficient (Wildman–Crippen LogP) is 1.68. The van der Waals surface area contributed by atoms with Gasteiger partial charge in [-0.25, -0.2) is 19.4 Å². The Balaban J connectivity index is 1.62. The molecule has 1 fully saturated rings. The molecule has 0 unspecified atom stereocenters. The van der Waals surface area contributed by atoms with Crippen LogP contribution in [0.25, 0.3) is 11.3 Å². The summed E-state index contributed by atoms with van der Waals surface area (Å²) in [5.41, 5.74) is 1.98. The molecule has 10 heteroatoms. The topological polar surface area (TPSA) is 110 Å². The van der Waals surface area contributed by atoms with Crippen LogP contribution in [0, 0.1) is 0 Å². The Kier molecular flexibility index (Phi) is 5.02. The lowest BCUT2D eigenvalue weighted by Crippen LogP contribution is -2.45. The fourth-order valence-corrected chi connectivity index (χ4v) is 2.99. The van der Waals surface area contributed by atoms with Gasteiger partial charge in [0.25, 0.3) is 0 Å². The molecule has 0 spiro atoms. The second-order valence-electron chi connectivity index (χ2n) is 6.52. The standard InChI is InChI=1S/C18H21N7O3/c1-3-27-18(26)12-4-6-13(7-5-12)19-16-17(25-10-8-24(2)9-11-25)21-15-14(20-16)22-28-23-15/h4-7H,3,8-11H2,1-2H3,(H,19,20,22). The molecule has 3 heterocycles. The molecule has 1 N–H and O–H groups in total. The monoisotopic (exact) mass is 383 g/mol. The molecule has 3 aromatic rings. The second kappa shape index (κ2) is 7.77. The summed E-state index contributed by atoms with van der Waals surface area (Å²) in [6.07, 6.45) is 0. The maximum absolute atomic E-state index is 11.8. The fourth-order valence-electron chi connectivity index (χ4n) is 2.99. The van der Waals surface area contributed by atoms with E-state index in [2.05, 4.69) is 42.4 Å². The van der Waals surface area contributed by atoms with Crippen LogP contribution < -0.4 is 10.2 Å². The van der Waals surface area contributed by atoms with Gasteiger partial charge in [-0.2, -0.15) is 0 Å². The highest BCUT2D eigenvalue weighted by Gasteiger charge is 2.22. The number of aromatic nitrogens is 4. The van der Waals surface area contributed by atoms with Gasteiger partial charge in [-0.3, -0.25) is 0 Å². The third kappa shape index (κ3) is 3.72. The van der Waals surface area contributed by atoms with Gasteiger partial charge in [0.1, 0.15) is 0 Å². The number of nitrogens with one attached hydrogen (secondary N) is 1. The number of nitrogens with zero attached hydrogens (tertiary/aromatic N) is 6. The molecule has 1 saturated heterocycles. The first kappa shape index (κ1) is 18.1. The Morgan fingerprint density at radius 3 is 2.46 bits per heavy atom.